The maximum absolute atomic E-state index is 12.7. The quantitative estimate of drug-likeness (QED) is 0.615. The SMILES string of the molecule is COc1cccc(/C=N/Nc2cc(C(F)(F)F)ccc2Cl)c1OC. The molecule has 24 heavy (non-hydrogen) atoms. The van der Waals surface area contributed by atoms with Gasteiger partial charge in [0.25, 0.3) is 0 Å². The van der Waals surface area contributed by atoms with Gasteiger partial charge in [0.1, 0.15) is 0 Å². The van der Waals surface area contributed by atoms with Gasteiger partial charge >= 0.3 is 6.18 Å². The molecule has 0 saturated carbocycles. The molecule has 0 radical (unpaired) electrons. The van der Waals surface area contributed by atoms with Crippen LogP contribution in [0.25, 0.3) is 0 Å². The summed E-state index contributed by atoms with van der Waals surface area (Å²) in [5.41, 5.74) is 2.32. The van der Waals surface area contributed by atoms with Crippen LogP contribution in [0.5, 0.6) is 11.5 Å². The zero-order valence-electron chi connectivity index (χ0n) is 12.8. The van der Waals surface area contributed by atoms with Crippen LogP contribution in [0.3, 0.4) is 0 Å². The molecule has 0 saturated heterocycles. The van der Waals surface area contributed by atoms with Gasteiger partial charge in [0, 0.05) is 5.56 Å². The second-order valence-electron chi connectivity index (χ2n) is 4.65. The number of para-hydroxylation sites is 1. The molecule has 2 aromatic rings. The molecule has 8 heteroatoms. The average molecular weight is 359 g/mol. The number of nitrogens with one attached hydrogen (secondary N) is 1. The van der Waals surface area contributed by atoms with E-state index < -0.39 is 11.7 Å². The van der Waals surface area contributed by atoms with Gasteiger partial charge in [-0.25, -0.2) is 0 Å². The van der Waals surface area contributed by atoms with Crippen LogP contribution in [0.1, 0.15) is 11.1 Å². The maximum atomic E-state index is 12.7. The summed E-state index contributed by atoms with van der Waals surface area (Å²) in [7, 11) is 2.98. The van der Waals surface area contributed by atoms with Crippen LogP contribution < -0.4 is 14.9 Å². The van der Waals surface area contributed by atoms with E-state index in [1.165, 1.54) is 20.4 Å². The Morgan fingerprint density at radius 2 is 1.88 bits per heavy atom. The smallest absolute Gasteiger partial charge is 0.416 e. The predicted octanol–water partition coefficient (Wildman–Crippen LogP) is 4.82. The molecule has 0 atom stereocenters. The van der Waals surface area contributed by atoms with Gasteiger partial charge in [-0.05, 0) is 30.3 Å². The van der Waals surface area contributed by atoms with Crippen LogP contribution in [-0.2, 0) is 6.18 Å². The number of benzene rings is 2. The fraction of sp³-hybridized carbons (Fsp3) is 0.188. The van der Waals surface area contributed by atoms with E-state index in [0.717, 1.165) is 18.2 Å². The molecule has 0 aliphatic carbocycles. The van der Waals surface area contributed by atoms with Crippen molar-refractivity contribution in [1.82, 2.24) is 0 Å². The minimum atomic E-state index is -4.46. The van der Waals surface area contributed by atoms with E-state index in [-0.39, 0.29) is 10.7 Å². The second kappa shape index (κ2) is 7.44. The number of hydrazone groups is 1. The lowest BCUT2D eigenvalue weighted by Gasteiger charge is -2.11. The van der Waals surface area contributed by atoms with Crippen molar-refractivity contribution in [3.8, 4) is 11.5 Å². The van der Waals surface area contributed by atoms with E-state index in [4.69, 9.17) is 21.1 Å². The highest BCUT2D eigenvalue weighted by atomic mass is 35.5. The first-order valence-corrected chi connectivity index (χ1v) is 7.11. The Labute approximate surface area is 141 Å². The first-order valence-electron chi connectivity index (χ1n) is 6.73. The molecule has 0 amide bonds. The lowest BCUT2D eigenvalue weighted by atomic mass is 10.2. The number of hydrogen-bond donors (Lipinski definition) is 1. The number of ether oxygens (including phenoxy) is 2. The van der Waals surface area contributed by atoms with Gasteiger partial charge in [0.2, 0.25) is 0 Å². The Bertz CT molecular complexity index is 749. The van der Waals surface area contributed by atoms with Crippen molar-refractivity contribution < 1.29 is 22.6 Å². The highest BCUT2D eigenvalue weighted by Gasteiger charge is 2.30. The Kier molecular flexibility index (Phi) is 5.56. The van der Waals surface area contributed by atoms with Gasteiger partial charge in [-0.1, -0.05) is 17.7 Å². The predicted molar refractivity (Wildman–Crippen MR) is 87.2 cm³/mol. The van der Waals surface area contributed by atoms with Gasteiger partial charge < -0.3 is 9.47 Å². The molecule has 1 N–H and O–H groups in total. The minimum Gasteiger partial charge on any atom is -0.493 e. The number of anilines is 1. The summed E-state index contributed by atoms with van der Waals surface area (Å²) in [4.78, 5) is 0. The topological polar surface area (TPSA) is 42.8 Å². The highest BCUT2D eigenvalue weighted by Crippen LogP contribution is 2.34. The number of methoxy groups -OCH3 is 2. The van der Waals surface area contributed by atoms with Crippen molar-refractivity contribution in [2.45, 2.75) is 6.18 Å². The molecule has 0 heterocycles. The van der Waals surface area contributed by atoms with Gasteiger partial charge in [-0.2, -0.15) is 18.3 Å². The van der Waals surface area contributed by atoms with Crippen LogP contribution in [0, 0.1) is 0 Å². The molecule has 0 spiro atoms. The number of nitrogens with zero attached hydrogens (tertiary/aromatic N) is 1. The molecule has 2 rings (SSSR count). The Hall–Kier alpha value is -2.41. The zero-order chi connectivity index (χ0) is 17.7. The summed E-state index contributed by atoms with van der Waals surface area (Å²) in [6.07, 6.45) is -3.06. The normalized spacial score (nSPS) is 11.6. The molecule has 0 aliphatic rings. The summed E-state index contributed by atoms with van der Waals surface area (Å²) in [5.74, 6) is 0.972. The first kappa shape index (κ1) is 17.9. The Balaban J connectivity index is 2.24. The lowest BCUT2D eigenvalue weighted by Crippen LogP contribution is -2.05. The number of halogens is 4. The van der Waals surface area contributed by atoms with Gasteiger partial charge in [0.15, 0.2) is 11.5 Å². The van der Waals surface area contributed by atoms with Crippen LogP contribution in [-0.4, -0.2) is 20.4 Å². The van der Waals surface area contributed by atoms with E-state index in [2.05, 4.69) is 10.5 Å². The van der Waals surface area contributed by atoms with Crippen molar-refractivity contribution in [2.75, 3.05) is 19.6 Å². The van der Waals surface area contributed by atoms with Gasteiger partial charge in [-0.15, -0.1) is 0 Å². The monoisotopic (exact) mass is 358 g/mol. The van der Waals surface area contributed by atoms with Crippen molar-refractivity contribution in [3.63, 3.8) is 0 Å². The van der Waals surface area contributed by atoms with Gasteiger partial charge in [0.05, 0.1) is 36.7 Å². The molecule has 4 nitrogen and oxygen atoms in total. The summed E-state index contributed by atoms with van der Waals surface area (Å²) in [5, 5.41) is 4.04. The molecular weight excluding hydrogens is 345 g/mol. The van der Waals surface area contributed by atoms with E-state index in [1.54, 1.807) is 18.2 Å². The standard InChI is InChI=1S/C16H14ClF3N2O2/c1-23-14-5-3-4-10(15(14)24-2)9-21-22-13-8-11(16(18,19)20)6-7-12(13)17/h3-9,22H,1-2H3/b21-9+. The van der Waals surface area contributed by atoms with E-state index >= 15 is 0 Å². The van der Waals surface area contributed by atoms with Crippen molar-refractivity contribution >= 4 is 23.5 Å². The fourth-order valence-electron chi connectivity index (χ4n) is 1.97. The Morgan fingerprint density at radius 3 is 2.50 bits per heavy atom. The number of hydrogen-bond acceptors (Lipinski definition) is 4. The minimum absolute atomic E-state index is 0.0459. The summed E-state index contributed by atoms with van der Waals surface area (Å²) in [6.45, 7) is 0. The molecule has 0 unspecified atom stereocenters. The molecular formula is C16H14ClF3N2O2. The first-order chi connectivity index (χ1) is 11.4. The molecule has 128 valence electrons. The summed E-state index contributed by atoms with van der Waals surface area (Å²) in [6, 6.07) is 8.13. The van der Waals surface area contributed by atoms with E-state index in [9.17, 15) is 13.2 Å². The van der Waals surface area contributed by atoms with Crippen molar-refractivity contribution in [2.24, 2.45) is 5.10 Å². The van der Waals surface area contributed by atoms with Crippen LogP contribution in [0.15, 0.2) is 41.5 Å². The third-order valence-corrected chi connectivity index (χ3v) is 3.45. The largest absolute Gasteiger partial charge is 0.493 e. The number of alkyl halides is 3. The third-order valence-electron chi connectivity index (χ3n) is 3.12. The third kappa shape index (κ3) is 4.11. The number of rotatable bonds is 5. The second-order valence-corrected chi connectivity index (χ2v) is 5.05. The van der Waals surface area contributed by atoms with Crippen LogP contribution in [0.4, 0.5) is 18.9 Å². The van der Waals surface area contributed by atoms with Crippen molar-refractivity contribution in [3.05, 3.63) is 52.5 Å². The van der Waals surface area contributed by atoms with Crippen LogP contribution in [0.2, 0.25) is 5.02 Å². The molecule has 2 aromatic carbocycles. The van der Waals surface area contributed by atoms with Gasteiger partial charge in [-0.3, -0.25) is 5.43 Å². The lowest BCUT2D eigenvalue weighted by molar-refractivity contribution is -0.137. The van der Waals surface area contributed by atoms with E-state index in [0.29, 0.717) is 17.1 Å². The highest BCUT2D eigenvalue weighted by molar-refractivity contribution is 6.33. The molecule has 0 aliphatic heterocycles. The fourth-order valence-corrected chi connectivity index (χ4v) is 2.13. The van der Waals surface area contributed by atoms with Crippen molar-refractivity contribution in [1.29, 1.82) is 0 Å². The molecule has 0 fully saturated rings. The average Bonchev–Trinajstić information content (AvgIpc) is 2.55. The zero-order valence-corrected chi connectivity index (χ0v) is 13.6. The summed E-state index contributed by atoms with van der Waals surface area (Å²) < 4.78 is 48.6. The molecule has 0 aromatic heterocycles. The summed E-state index contributed by atoms with van der Waals surface area (Å²) >= 11 is 5.89. The Morgan fingerprint density at radius 1 is 1.12 bits per heavy atom. The van der Waals surface area contributed by atoms with E-state index in [1.807, 2.05) is 0 Å². The maximum Gasteiger partial charge on any atom is 0.416 e. The van der Waals surface area contributed by atoms with Crippen LogP contribution >= 0.6 is 11.6 Å². The molecule has 0 bridgehead atoms.